The van der Waals surface area contributed by atoms with E-state index >= 15 is 0 Å². The van der Waals surface area contributed by atoms with Crippen molar-refractivity contribution < 1.29 is 18.3 Å². The van der Waals surface area contributed by atoms with E-state index in [1.54, 1.807) is 25.6 Å². The maximum atomic E-state index is 6.34. The minimum atomic E-state index is -5.40. The molecule has 4 atom stereocenters. The van der Waals surface area contributed by atoms with E-state index in [4.69, 9.17) is 4.21 Å². The molecule has 0 nitrogen and oxygen atoms in total. The van der Waals surface area contributed by atoms with Crippen LogP contribution in [0.25, 0.3) is 5.57 Å². The predicted octanol–water partition coefficient (Wildman–Crippen LogP) is 14.7. The number of fused-ring (bicyclic) bond motifs is 6. The summed E-state index contributed by atoms with van der Waals surface area (Å²) in [6.07, 6.45) is 14.9. The van der Waals surface area contributed by atoms with Crippen LogP contribution in [0.1, 0.15) is 125 Å². The Bertz CT molecular complexity index is 2330. The second-order valence-corrected chi connectivity index (χ2v) is 35.8. The summed E-state index contributed by atoms with van der Waals surface area (Å²) in [6.45, 7) is 35.9. The van der Waals surface area contributed by atoms with E-state index < -0.39 is 18.3 Å². The molecule has 1 saturated carbocycles. The van der Waals surface area contributed by atoms with E-state index in [-0.39, 0.29) is 55.0 Å². The molecule has 8 rings (SSSR count). The molecule has 0 saturated heterocycles. The normalized spacial score (nSPS) is 28.0. The Labute approximate surface area is 366 Å². The van der Waals surface area contributed by atoms with Crippen molar-refractivity contribution in [3.8, 4) is 0 Å². The zero-order valence-electron chi connectivity index (χ0n) is 38.2. The molecule has 3 aromatic carbocycles. The number of hydrogen-bond donors (Lipinski definition) is 0. The molecule has 0 radical (unpaired) electrons. The second kappa shape index (κ2) is 14.1. The molecule has 0 spiro atoms. The zero-order chi connectivity index (χ0) is 40.7. The molecule has 0 amide bonds. The summed E-state index contributed by atoms with van der Waals surface area (Å²) in [5.74, 6) is 0.744. The first kappa shape index (κ1) is 45.2. The second-order valence-electron chi connectivity index (χ2n) is 21.9. The Morgan fingerprint density at radius 2 is 1.29 bits per heavy atom. The summed E-state index contributed by atoms with van der Waals surface area (Å²) in [5.41, 5.74) is 13.2. The number of rotatable bonds is 5. The minimum absolute atomic E-state index is 0. The predicted molar refractivity (Wildman–Crippen MR) is 256 cm³/mol. The summed E-state index contributed by atoms with van der Waals surface area (Å²) >= 11 is -5.40. The molecule has 4 unspecified atom stereocenters. The van der Waals surface area contributed by atoms with Gasteiger partial charge in [0.2, 0.25) is 0 Å². The Kier molecular flexibility index (Phi) is 11.0. The maximum absolute atomic E-state index is 6.34. The van der Waals surface area contributed by atoms with Crippen LogP contribution < -0.4 is 6.54 Å². The molecule has 58 heavy (non-hydrogen) atoms. The van der Waals surface area contributed by atoms with E-state index in [0.29, 0.717) is 11.8 Å². The summed E-state index contributed by atoms with van der Waals surface area (Å²) < 4.78 is 10.7. The average molecular weight is 895 g/mol. The van der Waals surface area contributed by atoms with Crippen LogP contribution >= 0.6 is 24.8 Å². The van der Waals surface area contributed by atoms with Gasteiger partial charge in [-0.1, -0.05) is 0 Å². The third kappa shape index (κ3) is 5.18. The van der Waals surface area contributed by atoms with Crippen LogP contribution in [0.15, 0.2) is 123 Å². The van der Waals surface area contributed by atoms with Gasteiger partial charge >= 0.3 is 344 Å². The quantitative estimate of drug-likeness (QED) is 0.239. The molecule has 0 bridgehead atoms. The first-order chi connectivity index (χ1) is 26.1. The van der Waals surface area contributed by atoms with Crippen LogP contribution in [0, 0.1) is 52.8 Å². The number of hydrogen-bond acceptors (Lipinski definition) is 0. The van der Waals surface area contributed by atoms with E-state index in [2.05, 4.69) is 194 Å². The third-order valence-electron chi connectivity index (χ3n) is 18.7. The Hall–Kier alpha value is -2.31. The fraction of sp³-hybridized carbons (Fsp3) is 0.473. The standard InChI is InChI=1S/C29H37.C11H17.2C7H7.CH2.2ClH.Zr/c1-18-25-22-17-19-13-9-10-14-20(19)24(22)21-15-11-12-16-23(21)29(25,8)28(6,7)27(4,5)26(18,2)3;1-5-9-6-7-10(8-9)11(2,3)4;2*1-7-5-3-2-4-6-7;;;;/h9-11,13-15,23H,12,16-17H2,1-8H3;7-9H,5H2,1-4H3;2*3-6H,1H3;1H2;2*1H;. The van der Waals surface area contributed by atoms with Crippen LogP contribution in [0.5, 0.6) is 0 Å². The summed E-state index contributed by atoms with van der Waals surface area (Å²) in [7, 11) is 0. The molecule has 0 heterocycles. The van der Waals surface area contributed by atoms with Crippen molar-refractivity contribution in [3.63, 3.8) is 0 Å². The van der Waals surface area contributed by atoms with Crippen molar-refractivity contribution in [1.82, 2.24) is 0 Å². The topological polar surface area (TPSA) is 0 Å². The van der Waals surface area contributed by atoms with Crippen molar-refractivity contribution >= 4 is 41.1 Å². The van der Waals surface area contributed by atoms with Crippen LogP contribution in [0.3, 0.4) is 0 Å². The molecular weight excluding hydrogens is 823 g/mol. The third-order valence-corrected chi connectivity index (χ3v) is 38.6. The van der Waals surface area contributed by atoms with Crippen LogP contribution in [0.2, 0.25) is 3.12 Å². The van der Waals surface area contributed by atoms with Gasteiger partial charge in [-0.05, 0) is 0 Å². The number of aryl methyl sites for hydroxylation is 2. The Balaban J connectivity index is 0.00000283. The van der Waals surface area contributed by atoms with Gasteiger partial charge < -0.3 is 0 Å². The molecule has 3 heteroatoms. The van der Waals surface area contributed by atoms with Crippen LogP contribution in [0.4, 0.5) is 0 Å². The molecule has 3 aromatic rings. The number of allylic oxidation sites excluding steroid dienone is 10. The molecule has 0 aromatic heterocycles. The van der Waals surface area contributed by atoms with Crippen molar-refractivity contribution in [1.29, 1.82) is 0 Å². The van der Waals surface area contributed by atoms with Crippen molar-refractivity contribution in [2.75, 3.05) is 0 Å². The van der Waals surface area contributed by atoms with Gasteiger partial charge in [0, 0.05) is 0 Å². The van der Waals surface area contributed by atoms with E-state index in [9.17, 15) is 0 Å². The monoisotopic (exact) mass is 892 g/mol. The fourth-order valence-electron chi connectivity index (χ4n) is 14.1. The summed E-state index contributed by atoms with van der Waals surface area (Å²) in [5, 5.41) is 0. The molecular formula is C55H72Cl2Zr. The molecule has 0 N–H and O–H groups in total. The molecule has 310 valence electrons. The molecule has 5 aliphatic carbocycles. The van der Waals surface area contributed by atoms with E-state index in [1.807, 2.05) is 0 Å². The van der Waals surface area contributed by atoms with E-state index in [0.717, 1.165) is 19.3 Å². The van der Waals surface area contributed by atoms with E-state index in [1.165, 1.54) is 40.8 Å². The Morgan fingerprint density at radius 1 is 0.741 bits per heavy atom. The van der Waals surface area contributed by atoms with Gasteiger partial charge in [0.15, 0.2) is 0 Å². The SMILES string of the molecule is Cl.Cl.[CH2]=[Zr]([C]1=CC(C(C)(C)C)=CC1CC)([c]1ccc(C)cc1)([c]1ccc(C)cc1)[C]1(C)C2=C3Cc4ccccc4C3=C3C=CCCC3C2(C)C(C)(C)C(C)(C)C1(C)C. The van der Waals surface area contributed by atoms with Crippen molar-refractivity contribution in [3.05, 3.63) is 145 Å². The van der Waals surface area contributed by atoms with Gasteiger partial charge in [-0.15, -0.1) is 24.8 Å². The van der Waals surface area contributed by atoms with Gasteiger partial charge in [0.05, 0.1) is 0 Å². The number of benzene rings is 3. The van der Waals surface area contributed by atoms with Gasteiger partial charge in [-0.25, -0.2) is 0 Å². The molecule has 0 aliphatic heterocycles. The van der Waals surface area contributed by atoms with Crippen molar-refractivity contribution in [2.45, 2.75) is 126 Å². The van der Waals surface area contributed by atoms with Gasteiger partial charge in [0.25, 0.3) is 0 Å². The molecule has 5 aliphatic rings. The Morgan fingerprint density at radius 3 is 1.83 bits per heavy atom. The van der Waals surface area contributed by atoms with Gasteiger partial charge in [-0.2, -0.15) is 0 Å². The van der Waals surface area contributed by atoms with Crippen LogP contribution in [-0.2, 0) is 24.7 Å². The zero-order valence-corrected chi connectivity index (χ0v) is 42.3. The van der Waals surface area contributed by atoms with Gasteiger partial charge in [-0.3, -0.25) is 0 Å². The summed E-state index contributed by atoms with van der Waals surface area (Å²) in [6, 6.07) is 29.4. The molecule has 1 fully saturated rings. The number of halogens is 2. The first-order valence-electron chi connectivity index (χ1n) is 21.9. The van der Waals surface area contributed by atoms with Gasteiger partial charge in [0.1, 0.15) is 0 Å². The average Bonchev–Trinajstić information content (AvgIpc) is 3.78. The van der Waals surface area contributed by atoms with Crippen LogP contribution in [-0.4, -0.2) is 4.21 Å². The van der Waals surface area contributed by atoms with Crippen molar-refractivity contribution in [2.24, 2.45) is 38.9 Å². The summed E-state index contributed by atoms with van der Waals surface area (Å²) in [4.78, 5) is 0. The first-order valence-corrected chi connectivity index (χ1v) is 28.6. The fourth-order valence-corrected chi connectivity index (χ4v) is 35.7.